The van der Waals surface area contributed by atoms with Crippen molar-refractivity contribution >= 4 is 43.6 Å². The molecule has 9 aromatic rings. The second-order valence-electron chi connectivity index (χ2n) is 10.6. The molecule has 3 heterocycles. The van der Waals surface area contributed by atoms with E-state index in [9.17, 15) is 5.26 Å². The van der Waals surface area contributed by atoms with Gasteiger partial charge in [0.15, 0.2) is 11.6 Å². The van der Waals surface area contributed by atoms with Crippen LogP contribution in [0.4, 0.5) is 0 Å². The molecule has 6 nitrogen and oxygen atoms in total. The molecule has 0 aliphatic heterocycles. The van der Waals surface area contributed by atoms with E-state index in [0.29, 0.717) is 49.4 Å². The van der Waals surface area contributed by atoms with E-state index in [4.69, 9.17) is 25.9 Å². The standard InChI is InChI=1S/C40H24N6/c41-25-26-22-23-37(45-33-18-8-4-14-28(33)29-15-5-9-19-34(29)45)32(24-26)39-42-38(27-12-2-1-3-13-27)43-40(44-39)46-35-20-10-6-16-30(35)31-17-7-11-21-36(31)46/h1-24H/i4D,6D,8D,10D,14D,16D,18D,20D. The average Bonchev–Trinajstić information content (AvgIpc) is 3.74. The van der Waals surface area contributed by atoms with E-state index in [2.05, 4.69) is 6.07 Å². The number of nitriles is 1. The number of fused-ring (bicyclic) bond motifs is 6. The molecule has 0 amide bonds. The van der Waals surface area contributed by atoms with Gasteiger partial charge < -0.3 is 4.57 Å². The average molecular weight is 597 g/mol. The third kappa shape index (κ3) is 3.93. The molecular weight excluding hydrogens is 564 g/mol. The van der Waals surface area contributed by atoms with Crippen LogP contribution in [0.15, 0.2) is 145 Å². The SMILES string of the molecule is [2H]c1c([2H])c([2H])c2c(c1[2H])c1ccccc1n2-c1nc(-c2ccccc2)nc(-c2cc(C#N)ccc2-n2c3ccccc3c3c([2H])c([2H])c([2H])c([2H])c32)n1. The van der Waals surface area contributed by atoms with Crippen molar-refractivity contribution in [3.63, 3.8) is 0 Å². The summed E-state index contributed by atoms with van der Waals surface area (Å²) in [6, 6.07) is 28.3. The molecule has 0 aliphatic carbocycles. The number of nitrogens with zero attached hydrogens (tertiary/aromatic N) is 6. The predicted molar refractivity (Wildman–Crippen MR) is 184 cm³/mol. The number of hydrogen-bond acceptors (Lipinski definition) is 4. The van der Waals surface area contributed by atoms with Gasteiger partial charge in [0.25, 0.3) is 0 Å². The summed E-state index contributed by atoms with van der Waals surface area (Å²) in [6.07, 6.45) is 0. The number of rotatable bonds is 4. The lowest BCUT2D eigenvalue weighted by Crippen LogP contribution is -2.08. The van der Waals surface area contributed by atoms with Crippen molar-refractivity contribution in [2.24, 2.45) is 0 Å². The minimum atomic E-state index is -0.408. The van der Waals surface area contributed by atoms with E-state index in [1.807, 2.05) is 42.5 Å². The van der Waals surface area contributed by atoms with Crippen LogP contribution in [0.2, 0.25) is 0 Å². The molecule has 9 rings (SSSR count). The van der Waals surface area contributed by atoms with Crippen LogP contribution in [-0.4, -0.2) is 24.1 Å². The Hall–Kier alpha value is -6.58. The lowest BCUT2D eigenvalue weighted by atomic mass is 10.1. The van der Waals surface area contributed by atoms with Gasteiger partial charge in [-0.25, -0.2) is 4.98 Å². The summed E-state index contributed by atoms with van der Waals surface area (Å²) < 4.78 is 73.0. The number of benzene rings is 6. The van der Waals surface area contributed by atoms with Crippen LogP contribution < -0.4 is 0 Å². The molecule has 0 saturated heterocycles. The molecular formula is C40H24N6. The topological polar surface area (TPSA) is 72.3 Å². The van der Waals surface area contributed by atoms with Crippen molar-refractivity contribution in [2.45, 2.75) is 0 Å². The molecule has 46 heavy (non-hydrogen) atoms. The maximum absolute atomic E-state index is 10.1. The van der Waals surface area contributed by atoms with Gasteiger partial charge in [-0.1, -0.05) is 103 Å². The van der Waals surface area contributed by atoms with Crippen LogP contribution >= 0.6 is 0 Å². The maximum Gasteiger partial charge on any atom is 0.238 e. The Bertz CT molecular complexity index is 3110. The molecule has 0 aliphatic rings. The fourth-order valence-electron chi connectivity index (χ4n) is 6.08. The third-order valence-electron chi connectivity index (χ3n) is 8.07. The van der Waals surface area contributed by atoms with Gasteiger partial charge in [-0.2, -0.15) is 15.2 Å². The van der Waals surface area contributed by atoms with E-state index >= 15 is 0 Å². The number of hydrogen-bond donors (Lipinski definition) is 0. The van der Waals surface area contributed by atoms with Crippen molar-refractivity contribution < 1.29 is 11.0 Å². The molecule has 6 aromatic carbocycles. The second kappa shape index (κ2) is 10.3. The summed E-state index contributed by atoms with van der Waals surface area (Å²) >= 11 is 0. The van der Waals surface area contributed by atoms with Crippen LogP contribution in [0.25, 0.3) is 78.0 Å². The van der Waals surface area contributed by atoms with Gasteiger partial charge in [0.1, 0.15) is 0 Å². The quantitative estimate of drug-likeness (QED) is 0.203. The molecule has 0 bridgehead atoms. The van der Waals surface area contributed by atoms with Gasteiger partial charge in [0.2, 0.25) is 5.95 Å². The minimum Gasteiger partial charge on any atom is -0.309 e. The highest BCUT2D eigenvalue weighted by Gasteiger charge is 2.21. The van der Waals surface area contributed by atoms with Crippen LogP contribution in [0.5, 0.6) is 0 Å². The lowest BCUT2D eigenvalue weighted by molar-refractivity contribution is 0.951. The van der Waals surface area contributed by atoms with Gasteiger partial charge in [-0.15, -0.1) is 0 Å². The van der Waals surface area contributed by atoms with Crippen molar-refractivity contribution in [2.75, 3.05) is 0 Å². The molecule has 0 spiro atoms. The molecule has 6 heteroatoms. The van der Waals surface area contributed by atoms with Crippen LogP contribution in [0, 0.1) is 11.3 Å². The highest BCUT2D eigenvalue weighted by atomic mass is 15.2. The van der Waals surface area contributed by atoms with Crippen molar-refractivity contribution in [3.05, 3.63) is 151 Å². The second-order valence-corrected chi connectivity index (χ2v) is 10.6. The summed E-state index contributed by atoms with van der Waals surface area (Å²) in [6.45, 7) is 0. The molecule has 0 fully saturated rings. The monoisotopic (exact) mass is 596 g/mol. The van der Waals surface area contributed by atoms with Crippen LogP contribution in [-0.2, 0) is 0 Å². The molecule has 0 N–H and O–H groups in total. The summed E-state index contributed by atoms with van der Waals surface area (Å²) in [5.74, 6) is 0.428. The van der Waals surface area contributed by atoms with Gasteiger partial charge >= 0.3 is 0 Å². The molecule has 0 unspecified atom stereocenters. The zero-order valence-corrected chi connectivity index (χ0v) is 23.9. The highest BCUT2D eigenvalue weighted by Crippen LogP contribution is 2.37. The van der Waals surface area contributed by atoms with Crippen molar-refractivity contribution in [3.8, 4) is 40.5 Å². The smallest absolute Gasteiger partial charge is 0.238 e. The molecule has 0 atom stereocenters. The Morgan fingerprint density at radius 1 is 0.543 bits per heavy atom. The first-order valence-corrected chi connectivity index (χ1v) is 14.5. The molecule has 214 valence electrons. The van der Waals surface area contributed by atoms with Gasteiger partial charge in [0, 0.05) is 32.7 Å². The van der Waals surface area contributed by atoms with Crippen molar-refractivity contribution in [1.82, 2.24) is 24.1 Å². The largest absolute Gasteiger partial charge is 0.309 e. The van der Waals surface area contributed by atoms with Crippen LogP contribution in [0.3, 0.4) is 0 Å². The summed E-state index contributed by atoms with van der Waals surface area (Å²) in [5, 5.41) is 12.0. The molecule has 3 aromatic heterocycles. The van der Waals surface area contributed by atoms with Crippen LogP contribution in [0.1, 0.15) is 16.5 Å². The first-order chi connectivity index (χ1) is 26.1. The Labute approximate surface area is 275 Å². The molecule has 0 saturated carbocycles. The minimum absolute atomic E-state index is 0.0625. The third-order valence-corrected chi connectivity index (χ3v) is 8.07. The lowest BCUT2D eigenvalue weighted by Gasteiger charge is -2.15. The summed E-state index contributed by atoms with van der Waals surface area (Å²) in [7, 11) is 0. The Kier molecular flexibility index (Phi) is 4.22. The van der Waals surface area contributed by atoms with Gasteiger partial charge in [-0.3, -0.25) is 4.57 Å². The Morgan fingerprint density at radius 2 is 1.13 bits per heavy atom. The summed E-state index contributed by atoms with van der Waals surface area (Å²) in [5.41, 5.74) is 3.27. The number of aromatic nitrogens is 5. The molecule has 0 radical (unpaired) electrons. The van der Waals surface area contributed by atoms with E-state index < -0.39 is 12.1 Å². The number of para-hydroxylation sites is 4. The Morgan fingerprint density at radius 3 is 1.83 bits per heavy atom. The fraction of sp³-hybridized carbons (Fsp3) is 0. The normalized spacial score (nSPS) is 13.9. The Balaban J connectivity index is 1.44. The van der Waals surface area contributed by atoms with Gasteiger partial charge in [-0.05, 0) is 42.4 Å². The maximum atomic E-state index is 10.1. The fourth-order valence-corrected chi connectivity index (χ4v) is 6.08. The van der Waals surface area contributed by atoms with E-state index in [-0.39, 0.29) is 70.4 Å². The first-order valence-electron chi connectivity index (χ1n) is 18.5. The van der Waals surface area contributed by atoms with E-state index in [1.165, 1.54) is 0 Å². The zero-order chi connectivity index (χ0) is 37.6. The summed E-state index contributed by atoms with van der Waals surface area (Å²) in [4.78, 5) is 14.8. The zero-order valence-electron chi connectivity index (χ0n) is 31.9. The highest BCUT2D eigenvalue weighted by molar-refractivity contribution is 6.10. The predicted octanol–water partition coefficient (Wildman–Crippen LogP) is 9.27. The van der Waals surface area contributed by atoms with E-state index in [1.54, 1.807) is 63.7 Å². The first kappa shape index (κ1) is 18.9. The van der Waals surface area contributed by atoms with Crippen molar-refractivity contribution in [1.29, 1.82) is 5.26 Å². The van der Waals surface area contributed by atoms with Gasteiger partial charge in [0.05, 0.1) is 50.4 Å². The van der Waals surface area contributed by atoms with E-state index in [0.717, 1.165) is 0 Å².